The zero-order chi connectivity index (χ0) is 16.0. The first-order valence-electron chi connectivity index (χ1n) is 6.14. The maximum Gasteiger partial charge on any atom is 0.320 e. The van der Waals surface area contributed by atoms with Crippen LogP contribution in [0.25, 0.3) is 6.08 Å². The lowest BCUT2D eigenvalue weighted by atomic mass is 9.96. The Kier molecular flexibility index (Phi) is 6.68. The van der Waals surface area contributed by atoms with Crippen LogP contribution in [0.15, 0.2) is 24.3 Å². The second-order valence-corrected chi connectivity index (χ2v) is 5.34. The van der Waals surface area contributed by atoms with Crippen molar-refractivity contribution in [1.29, 1.82) is 0 Å². The number of rotatable bonds is 7. The van der Waals surface area contributed by atoms with Gasteiger partial charge in [0.05, 0.1) is 16.0 Å². The molecule has 0 bridgehead atoms. The van der Waals surface area contributed by atoms with Crippen LogP contribution < -0.4 is 5.73 Å². The van der Waals surface area contributed by atoms with Crippen LogP contribution in [0, 0.1) is 5.92 Å². The van der Waals surface area contributed by atoms with E-state index in [1.165, 1.54) is 0 Å². The molecule has 5 nitrogen and oxygen atoms in total. The number of carbonyl (C=O) groups is 2. The highest BCUT2D eigenvalue weighted by atomic mass is 35.5. The lowest BCUT2D eigenvalue weighted by molar-refractivity contribution is -0.143. The monoisotopic (exact) mass is 331 g/mol. The Hall–Kier alpha value is -1.56. The molecule has 0 spiro atoms. The molecule has 0 amide bonds. The van der Waals surface area contributed by atoms with Crippen molar-refractivity contribution in [2.75, 3.05) is 0 Å². The van der Waals surface area contributed by atoms with Crippen molar-refractivity contribution < 1.29 is 19.8 Å². The number of halogens is 2. The Morgan fingerprint density at radius 1 is 1.19 bits per heavy atom. The van der Waals surface area contributed by atoms with E-state index in [1.54, 1.807) is 30.4 Å². The molecule has 0 saturated heterocycles. The molecule has 0 unspecified atom stereocenters. The quantitative estimate of drug-likeness (QED) is 0.713. The van der Waals surface area contributed by atoms with Crippen molar-refractivity contribution in [3.8, 4) is 0 Å². The molecule has 0 radical (unpaired) electrons. The number of hydrogen-bond donors (Lipinski definition) is 3. The van der Waals surface area contributed by atoms with Crippen molar-refractivity contribution in [3.05, 3.63) is 39.9 Å². The van der Waals surface area contributed by atoms with E-state index in [0.717, 1.165) is 5.56 Å². The van der Waals surface area contributed by atoms with Crippen LogP contribution in [0.1, 0.15) is 18.4 Å². The average Bonchev–Trinajstić information content (AvgIpc) is 2.41. The molecule has 21 heavy (non-hydrogen) atoms. The highest BCUT2D eigenvalue weighted by Crippen LogP contribution is 2.23. The molecule has 1 aromatic rings. The minimum atomic E-state index is -1.21. The fourth-order valence-electron chi connectivity index (χ4n) is 1.69. The summed E-state index contributed by atoms with van der Waals surface area (Å²) in [5.41, 5.74) is 6.13. The molecule has 0 aliphatic rings. The predicted octanol–water partition coefficient (Wildman–Crippen LogP) is 2.90. The summed E-state index contributed by atoms with van der Waals surface area (Å²) in [5.74, 6) is -3.14. The Morgan fingerprint density at radius 3 is 2.38 bits per heavy atom. The number of carboxylic acids is 2. The van der Waals surface area contributed by atoms with Gasteiger partial charge in [-0.2, -0.15) is 0 Å². The molecule has 0 saturated carbocycles. The van der Waals surface area contributed by atoms with Crippen molar-refractivity contribution in [3.63, 3.8) is 0 Å². The highest BCUT2D eigenvalue weighted by Gasteiger charge is 2.23. The second kappa shape index (κ2) is 8.02. The van der Waals surface area contributed by atoms with Gasteiger partial charge >= 0.3 is 11.9 Å². The molecule has 0 aliphatic carbocycles. The van der Waals surface area contributed by atoms with Crippen molar-refractivity contribution in [2.45, 2.75) is 18.9 Å². The van der Waals surface area contributed by atoms with E-state index in [1.807, 2.05) is 0 Å². The van der Waals surface area contributed by atoms with Crippen molar-refractivity contribution in [2.24, 2.45) is 11.7 Å². The van der Waals surface area contributed by atoms with E-state index in [4.69, 9.17) is 39.1 Å². The SMILES string of the molecule is N[C@@H](C[C@@H](C/C=C/c1ccc(Cl)c(Cl)c1)C(=O)O)C(=O)O. The smallest absolute Gasteiger partial charge is 0.320 e. The van der Waals surface area contributed by atoms with Gasteiger partial charge in [-0.1, -0.05) is 41.4 Å². The maximum absolute atomic E-state index is 11.1. The topological polar surface area (TPSA) is 101 Å². The molecular formula is C14H15Cl2NO4. The third-order valence-corrected chi connectivity index (χ3v) is 3.62. The fraction of sp³-hybridized carbons (Fsp3) is 0.286. The van der Waals surface area contributed by atoms with E-state index in [-0.39, 0.29) is 12.8 Å². The van der Waals surface area contributed by atoms with Crippen LogP contribution in [-0.4, -0.2) is 28.2 Å². The lowest BCUT2D eigenvalue weighted by Crippen LogP contribution is -2.34. The summed E-state index contributed by atoms with van der Waals surface area (Å²) in [6.45, 7) is 0. The van der Waals surface area contributed by atoms with Gasteiger partial charge in [0.1, 0.15) is 6.04 Å². The Balaban J connectivity index is 2.68. The van der Waals surface area contributed by atoms with E-state index in [9.17, 15) is 9.59 Å². The summed E-state index contributed by atoms with van der Waals surface area (Å²) in [5, 5.41) is 18.6. The lowest BCUT2D eigenvalue weighted by Gasteiger charge is -2.12. The Labute approximate surface area is 132 Å². The van der Waals surface area contributed by atoms with Crippen LogP contribution in [-0.2, 0) is 9.59 Å². The third kappa shape index (κ3) is 5.75. The number of aliphatic carboxylic acids is 2. The molecular weight excluding hydrogens is 317 g/mol. The van der Waals surface area contributed by atoms with E-state index in [2.05, 4.69) is 0 Å². The van der Waals surface area contributed by atoms with Crippen LogP contribution in [0.5, 0.6) is 0 Å². The standard InChI is InChI=1S/C14H15Cl2NO4/c15-10-5-4-8(6-11(10)16)2-1-3-9(13(18)19)7-12(17)14(20)21/h1-2,4-6,9,12H,3,7,17H2,(H,18,19)(H,20,21)/b2-1+/t9-,12+/m1/s1. The van der Waals surface area contributed by atoms with E-state index in [0.29, 0.717) is 10.0 Å². The van der Waals surface area contributed by atoms with E-state index >= 15 is 0 Å². The summed E-state index contributed by atoms with van der Waals surface area (Å²) in [7, 11) is 0. The van der Waals surface area contributed by atoms with Crippen LogP contribution in [0.3, 0.4) is 0 Å². The molecule has 1 rings (SSSR count). The van der Waals surface area contributed by atoms with Crippen molar-refractivity contribution >= 4 is 41.2 Å². The molecule has 114 valence electrons. The molecule has 0 heterocycles. The number of benzene rings is 1. The van der Waals surface area contributed by atoms with Gasteiger partial charge in [-0.25, -0.2) is 0 Å². The van der Waals surface area contributed by atoms with Gasteiger partial charge in [0, 0.05) is 0 Å². The first kappa shape index (κ1) is 17.5. The summed E-state index contributed by atoms with van der Waals surface area (Å²) >= 11 is 11.7. The normalized spacial score (nSPS) is 14.0. The molecule has 1 aromatic carbocycles. The van der Waals surface area contributed by atoms with Gasteiger partial charge in [0.25, 0.3) is 0 Å². The van der Waals surface area contributed by atoms with Crippen LogP contribution >= 0.6 is 23.2 Å². The first-order valence-corrected chi connectivity index (χ1v) is 6.89. The minimum absolute atomic E-state index is 0.129. The first-order chi connectivity index (χ1) is 9.81. The Morgan fingerprint density at radius 2 is 1.86 bits per heavy atom. The van der Waals surface area contributed by atoms with Gasteiger partial charge < -0.3 is 15.9 Å². The maximum atomic E-state index is 11.1. The number of allylic oxidation sites excluding steroid dienone is 1. The zero-order valence-corrected chi connectivity index (χ0v) is 12.5. The fourth-order valence-corrected chi connectivity index (χ4v) is 2.00. The summed E-state index contributed by atoms with van der Waals surface area (Å²) in [6, 6.07) is 3.84. The number of hydrogen-bond acceptors (Lipinski definition) is 3. The third-order valence-electron chi connectivity index (χ3n) is 2.88. The van der Waals surface area contributed by atoms with Gasteiger partial charge in [-0.3, -0.25) is 9.59 Å². The predicted molar refractivity (Wildman–Crippen MR) is 81.5 cm³/mol. The van der Waals surface area contributed by atoms with Gasteiger partial charge in [-0.15, -0.1) is 0 Å². The number of carboxylic acid groups (broad SMARTS) is 2. The van der Waals surface area contributed by atoms with Gasteiger partial charge in [-0.05, 0) is 30.5 Å². The average molecular weight is 332 g/mol. The molecule has 7 heteroatoms. The van der Waals surface area contributed by atoms with Gasteiger partial charge in [0.15, 0.2) is 0 Å². The molecule has 4 N–H and O–H groups in total. The minimum Gasteiger partial charge on any atom is -0.481 e. The molecule has 2 atom stereocenters. The molecule has 0 aliphatic heterocycles. The summed E-state index contributed by atoms with van der Waals surface area (Å²) in [4.78, 5) is 21.7. The van der Waals surface area contributed by atoms with Crippen molar-refractivity contribution in [1.82, 2.24) is 0 Å². The van der Waals surface area contributed by atoms with Gasteiger partial charge in [0.2, 0.25) is 0 Å². The summed E-state index contributed by atoms with van der Waals surface area (Å²) < 4.78 is 0. The second-order valence-electron chi connectivity index (χ2n) is 4.53. The Bertz CT molecular complexity index is 560. The molecule has 0 aromatic heterocycles. The zero-order valence-electron chi connectivity index (χ0n) is 11.0. The van der Waals surface area contributed by atoms with Crippen LogP contribution in [0.4, 0.5) is 0 Å². The van der Waals surface area contributed by atoms with Crippen LogP contribution in [0.2, 0.25) is 10.0 Å². The van der Waals surface area contributed by atoms with E-state index < -0.39 is 23.9 Å². The highest BCUT2D eigenvalue weighted by molar-refractivity contribution is 6.42. The largest absolute Gasteiger partial charge is 0.481 e. The number of nitrogens with two attached hydrogens (primary N) is 1. The molecule has 0 fully saturated rings. The summed E-state index contributed by atoms with van der Waals surface area (Å²) in [6.07, 6.45) is 3.39.